The summed E-state index contributed by atoms with van der Waals surface area (Å²) < 4.78 is 10.8. The topological polar surface area (TPSA) is 94.6 Å². The van der Waals surface area contributed by atoms with E-state index in [4.69, 9.17) is 26.5 Å². The predicted octanol–water partition coefficient (Wildman–Crippen LogP) is 3.51. The number of anilines is 1. The number of nitrogens with two attached hydrogens (primary N) is 1. The van der Waals surface area contributed by atoms with E-state index in [0.717, 1.165) is 10.9 Å². The van der Waals surface area contributed by atoms with E-state index in [1.165, 1.54) is 0 Å². The van der Waals surface area contributed by atoms with Gasteiger partial charge < -0.3 is 20.2 Å². The molecule has 2 amide bonds. The van der Waals surface area contributed by atoms with Crippen LogP contribution in [0.4, 0.5) is 5.69 Å². The van der Waals surface area contributed by atoms with E-state index >= 15 is 0 Å². The highest BCUT2D eigenvalue weighted by atomic mass is 35.5. The molecule has 6 nitrogen and oxygen atoms in total. The molecule has 0 saturated carbocycles. The molecular weight excluding hydrogens is 344 g/mol. The zero-order chi connectivity index (χ0) is 18.0. The van der Waals surface area contributed by atoms with Crippen molar-refractivity contribution in [1.29, 1.82) is 0 Å². The number of benzene rings is 2. The van der Waals surface area contributed by atoms with Crippen molar-refractivity contribution in [2.45, 2.75) is 6.92 Å². The minimum Gasteiger partial charge on any atom is -0.484 e. The van der Waals surface area contributed by atoms with Crippen LogP contribution in [0.15, 0.2) is 46.9 Å². The Labute approximate surface area is 148 Å². The van der Waals surface area contributed by atoms with Gasteiger partial charge in [0.25, 0.3) is 11.8 Å². The molecule has 0 atom stereocenters. The number of halogens is 1. The number of primary amides is 1. The standard InChI is InChI=1S/C18H15ClN2O4/c1-10-13-3-2-4-14(19)17(13)25-16(10)18(23)21-11-5-7-12(8-6-11)24-9-15(20)22/h2-8H,9H2,1H3,(H2,20,22)(H,21,23). The van der Waals surface area contributed by atoms with Crippen LogP contribution in [-0.2, 0) is 4.79 Å². The maximum absolute atomic E-state index is 12.5. The predicted molar refractivity (Wildman–Crippen MR) is 95.0 cm³/mol. The summed E-state index contributed by atoms with van der Waals surface area (Å²) in [4.78, 5) is 23.2. The highest BCUT2D eigenvalue weighted by molar-refractivity contribution is 6.35. The minimum atomic E-state index is -0.559. The number of para-hydroxylation sites is 1. The van der Waals surface area contributed by atoms with Crippen LogP contribution < -0.4 is 15.8 Å². The van der Waals surface area contributed by atoms with Crippen LogP contribution in [0.5, 0.6) is 5.75 Å². The van der Waals surface area contributed by atoms with Crippen LogP contribution in [0.25, 0.3) is 11.0 Å². The van der Waals surface area contributed by atoms with Crippen LogP contribution >= 0.6 is 11.6 Å². The second-order valence-corrected chi connectivity index (χ2v) is 5.81. The molecule has 3 aromatic rings. The molecule has 0 bridgehead atoms. The summed E-state index contributed by atoms with van der Waals surface area (Å²) in [6.45, 7) is 1.60. The lowest BCUT2D eigenvalue weighted by atomic mass is 10.1. The molecular formula is C18H15ClN2O4. The third kappa shape index (κ3) is 3.59. The van der Waals surface area contributed by atoms with Gasteiger partial charge in [-0.05, 0) is 37.3 Å². The zero-order valence-corrected chi connectivity index (χ0v) is 14.1. The first-order valence-electron chi connectivity index (χ1n) is 7.46. The Kier molecular flexibility index (Phi) is 4.63. The lowest BCUT2D eigenvalue weighted by Crippen LogP contribution is -2.20. The van der Waals surface area contributed by atoms with Crippen molar-refractivity contribution in [3.8, 4) is 5.75 Å². The largest absolute Gasteiger partial charge is 0.484 e. The quantitative estimate of drug-likeness (QED) is 0.729. The molecule has 0 aliphatic heterocycles. The van der Waals surface area contributed by atoms with E-state index in [2.05, 4.69) is 5.32 Å². The van der Waals surface area contributed by atoms with Gasteiger partial charge in [-0.15, -0.1) is 0 Å². The highest BCUT2D eigenvalue weighted by Crippen LogP contribution is 2.31. The number of amides is 2. The zero-order valence-electron chi connectivity index (χ0n) is 13.3. The molecule has 25 heavy (non-hydrogen) atoms. The molecule has 0 aliphatic rings. The van der Waals surface area contributed by atoms with Gasteiger partial charge in [0.1, 0.15) is 5.75 Å². The van der Waals surface area contributed by atoms with Crippen molar-refractivity contribution in [3.63, 3.8) is 0 Å². The van der Waals surface area contributed by atoms with Crippen molar-refractivity contribution in [1.82, 2.24) is 0 Å². The van der Waals surface area contributed by atoms with E-state index in [1.807, 2.05) is 6.07 Å². The molecule has 0 saturated heterocycles. The van der Waals surface area contributed by atoms with Crippen LogP contribution in [0.2, 0.25) is 5.02 Å². The molecule has 7 heteroatoms. The summed E-state index contributed by atoms with van der Waals surface area (Å²) in [5, 5.41) is 4.00. The van der Waals surface area contributed by atoms with Gasteiger partial charge in [0.05, 0.1) is 5.02 Å². The van der Waals surface area contributed by atoms with E-state index in [0.29, 0.717) is 22.0 Å². The molecule has 0 unspecified atom stereocenters. The van der Waals surface area contributed by atoms with Gasteiger partial charge in [-0.3, -0.25) is 9.59 Å². The van der Waals surface area contributed by atoms with Crippen molar-refractivity contribution in [3.05, 3.63) is 58.8 Å². The number of hydrogen-bond acceptors (Lipinski definition) is 4. The van der Waals surface area contributed by atoms with Gasteiger partial charge in [0.2, 0.25) is 0 Å². The van der Waals surface area contributed by atoms with E-state index in [1.54, 1.807) is 43.3 Å². The Morgan fingerprint density at radius 1 is 1.20 bits per heavy atom. The van der Waals surface area contributed by atoms with Crippen molar-refractivity contribution in [2.75, 3.05) is 11.9 Å². The average Bonchev–Trinajstić information content (AvgIpc) is 2.93. The fourth-order valence-corrected chi connectivity index (χ4v) is 2.62. The molecule has 0 radical (unpaired) electrons. The van der Waals surface area contributed by atoms with Gasteiger partial charge in [-0.2, -0.15) is 0 Å². The molecule has 3 N–H and O–H groups in total. The number of nitrogens with one attached hydrogen (secondary N) is 1. The number of aryl methyl sites for hydroxylation is 1. The van der Waals surface area contributed by atoms with Gasteiger partial charge in [-0.1, -0.05) is 23.7 Å². The van der Waals surface area contributed by atoms with Gasteiger partial charge in [0, 0.05) is 16.6 Å². The van der Waals surface area contributed by atoms with Crippen LogP contribution in [0, 0.1) is 6.92 Å². The third-order valence-corrected chi connectivity index (χ3v) is 3.91. The van der Waals surface area contributed by atoms with Gasteiger partial charge >= 0.3 is 0 Å². The van der Waals surface area contributed by atoms with Crippen molar-refractivity contribution >= 4 is 40.1 Å². The first-order chi connectivity index (χ1) is 12.0. The van der Waals surface area contributed by atoms with Crippen LogP contribution in [0.1, 0.15) is 16.1 Å². The molecule has 0 spiro atoms. The van der Waals surface area contributed by atoms with E-state index < -0.39 is 5.91 Å². The summed E-state index contributed by atoms with van der Waals surface area (Å²) in [6, 6.07) is 11.9. The van der Waals surface area contributed by atoms with Crippen LogP contribution in [-0.4, -0.2) is 18.4 Å². The fraction of sp³-hybridized carbons (Fsp3) is 0.111. The summed E-state index contributed by atoms with van der Waals surface area (Å²) >= 11 is 6.10. The molecule has 3 rings (SSSR count). The highest BCUT2D eigenvalue weighted by Gasteiger charge is 2.19. The maximum atomic E-state index is 12.5. The fourth-order valence-electron chi connectivity index (χ4n) is 2.40. The molecule has 0 fully saturated rings. The number of carbonyl (C=O) groups excluding carboxylic acids is 2. The number of furan rings is 1. The van der Waals surface area contributed by atoms with E-state index in [9.17, 15) is 9.59 Å². The monoisotopic (exact) mass is 358 g/mol. The second kappa shape index (κ2) is 6.86. The first kappa shape index (κ1) is 16.9. The first-order valence-corrected chi connectivity index (χ1v) is 7.83. The molecule has 1 heterocycles. The number of hydrogen-bond donors (Lipinski definition) is 2. The molecule has 128 valence electrons. The summed E-state index contributed by atoms with van der Waals surface area (Å²) in [7, 11) is 0. The molecule has 0 aliphatic carbocycles. The van der Waals surface area contributed by atoms with Gasteiger partial charge in [0.15, 0.2) is 18.0 Å². The van der Waals surface area contributed by atoms with Crippen molar-refractivity contribution < 1.29 is 18.7 Å². The Morgan fingerprint density at radius 2 is 1.92 bits per heavy atom. The van der Waals surface area contributed by atoms with Crippen molar-refractivity contribution in [2.24, 2.45) is 5.73 Å². The summed E-state index contributed by atoms with van der Waals surface area (Å²) in [5.41, 5.74) is 6.78. The number of fused-ring (bicyclic) bond motifs is 1. The van der Waals surface area contributed by atoms with Crippen LogP contribution in [0.3, 0.4) is 0 Å². The van der Waals surface area contributed by atoms with E-state index in [-0.39, 0.29) is 18.3 Å². The Bertz CT molecular complexity index is 948. The lowest BCUT2D eigenvalue weighted by Gasteiger charge is -2.06. The Hall–Kier alpha value is -2.99. The summed E-state index contributed by atoms with van der Waals surface area (Å²) in [5.74, 6) is -0.257. The number of ether oxygens (including phenoxy) is 1. The smallest absolute Gasteiger partial charge is 0.291 e. The molecule has 2 aromatic carbocycles. The number of carbonyl (C=O) groups is 2. The number of rotatable bonds is 5. The SMILES string of the molecule is Cc1c(C(=O)Nc2ccc(OCC(N)=O)cc2)oc2c(Cl)cccc12. The minimum absolute atomic E-state index is 0.204. The van der Waals surface area contributed by atoms with Gasteiger partial charge in [-0.25, -0.2) is 0 Å². The Balaban J connectivity index is 1.77. The lowest BCUT2D eigenvalue weighted by molar-refractivity contribution is -0.119. The average molecular weight is 359 g/mol. The maximum Gasteiger partial charge on any atom is 0.291 e. The molecule has 1 aromatic heterocycles. The normalized spacial score (nSPS) is 10.6. The Morgan fingerprint density at radius 3 is 2.56 bits per heavy atom. The summed E-state index contributed by atoms with van der Waals surface area (Å²) in [6.07, 6.45) is 0. The second-order valence-electron chi connectivity index (χ2n) is 5.41. The third-order valence-electron chi connectivity index (χ3n) is 3.62.